The van der Waals surface area contributed by atoms with E-state index in [1.165, 1.54) is 0 Å². The average Bonchev–Trinajstić information content (AvgIpc) is 3.12. The van der Waals surface area contributed by atoms with E-state index < -0.39 is 0 Å². The van der Waals surface area contributed by atoms with Crippen LogP contribution in [0.25, 0.3) is 33.2 Å². The van der Waals surface area contributed by atoms with Crippen LogP contribution in [0, 0.1) is 12.1 Å². The van der Waals surface area contributed by atoms with Crippen LogP contribution in [-0.4, -0.2) is 16.7 Å². The van der Waals surface area contributed by atoms with Gasteiger partial charge in [0.1, 0.15) is 11.5 Å². The van der Waals surface area contributed by atoms with E-state index in [1.54, 1.807) is 6.20 Å². The number of benzene rings is 5. The SMILES string of the molecule is CC(C)c1cc2c3c(c1)Oc1ccc(-c4ccc(-c5ccccc5)cn4)[c-]c1B3c1[c-]c(Oc3nccc4ccccc34)ccc1O2.[Pt+2]. The summed E-state index contributed by atoms with van der Waals surface area (Å²) in [5.74, 6) is 4.45. The molecule has 0 saturated heterocycles. The molecule has 7 heteroatoms. The number of aromatic nitrogens is 2. The van der Waals surface area contributed by atoms with Gasteiger partial charge in [-0.05, 0) is 58.0 Å². The van der Waals surface area contributed by atoms with Crippen LogP contribution in [0.15, 0.2) is 122 Å². The van der Waals surface area contributed by atoms with E-state index in [9.17, 15) is 0 Å². The van der Waals surface area contributed by atoms with Gasteiger partial charge in [0, 0.05) is 40.5 Å². The zero-order chi connectivity index (χ0) is 31.5. The Hall–Kier alpha value is -5.19. The summed E-state index contributed by atoms with van der Waals surface area (Å²) in [6.07, 6.45) is 3.68. The maximum atomic E-state index is 6.59. The van der Waals surface area contributed by atoms with E-state index in [0.717, 1.165) is 78.1 Å². The molecule has 0 unspecified atom stereocenters. The Balaban J connectivity index is 0.00000336. The molecule has 2 aromatic heterocycles. The Morgan fingerprint density at radius 3 is 2.17 bits per heavy atom. The Morgan fingerprint density at radius 2 is 1.42 bits per heavy atom. The number of ether oxygens (including phenoxy) is 3. The Labute approximate surface area is 293 Å². The second kappa shape index (κ2) is 12.1. The second-order valence-corrected chi connectivity index (χ2v) is 12.2. The van der Waals surface area contributed by atoms with Crippen molar-refractivity contribution in [2.24, 2.45) is 0 Å². The van der Waals surface area contributed by atoms with E-state index in [2.05, 4.69) is 67.4 Å². The van der Waals surface area contributed by atoms with Crippen LogP contribution in [0.1, 0.15) is 25.3 Å². The molecule has 4 heterocycles. The fraction of sp³-hybridized carbons (Fsp3) is 0.0732. The summed E-state index contributed by atoms with van der Waals surface area (Å²) in [5, 5.41) is 2.00. The second-order valence-electron chi connectivity index (χ2n) is 12.2. The normalized spacial score (nSPS) is 12.3. The summed E-state index contributed by atoms with van der Waals surface area (Å²) in [6.45, 7) is 4.11. The van der Waals surface area contributed by atoms with E-state index in [0.29, 0.717) is 17.5 Å². The standard InChI is InChI=1S/C41H27BN2O3.Pt/c1-25(2)30-21-38-40-39(22-30)47-37-17-14-31(45-41-32-11-7-6-10-27(32)18-19-43-41)23-34(37)42(40)33-20-28(13-16-36(33)46-38)35-15-12-29(24-44-35)26-8-4-3-5-9-26;/h3-19,21-22,24-25H,1-2H3;/q-2;+2. The van der Waals surface area contributed by atoms with Crippen LogP contribution in [0.4, 0.5) is 0 Å². The zero-order valence-electron chi connectivity index (χ0n) is 26.1. The van der Waals surface area contributed by atoms with Crippen LogP contribution < -0.4 is 30.6 Å². The molecule has 5 aromatic carbocycles. The summed E-state index contributed by atoms with van der Waals surface area (Å²) >= 11 is 0. The number of hydrogen-bond donors (Lipinski definition) is 0. The van der Waals surface area contributed by atoms with Gasteiger partial charge in [0.15, 0.2) is 0 Å². The largest absolute Gasteiger partial charge is 2.00 e. The summed E-state index contributed by atoms with van der Waals surface area (Å²) in [6, 6.07) is 43.9. The third-order valence-corrected chi connectivity index (χ3v) is 8.93. The fourth-order valence-electron chi connectivity index (χ4n) is 6.50. The maximum Gasteiger partial charge on any atom is 2.00 e. The third-order valence-electron chi connectivity index (χ3n) is 8.93. The maximum absolute atomic E-state index is 6.59. The molecule has 5 nitrogen and oxygen atoms in total. The number of nitrogens with zero attached hydrogens (tertiary/aromatic N) is 2. The van der Waals surface area contributed by atoms with Gasteiger partial charge in [-0.15, -0.1) is 52.9 Å². The van der Waals surface area contributed by atoms with Gasteiger partial charge in [0.2, 0.25) is 12.6 Å². The van der Waals surface area contributed by atoms with Crippen molar-refractivity contribution in [2.75, 3.05) is 0 Å². The first-order valence-electron chi connectivity index (χ1n) is 15.8. The Kier molecular flexibility index (Phi) is 7.62. The van der Waals surface area contributed by atoms with Crippen molar-refractivity contribution in [3.8, 4) is 57.0 Å². The van der Waals surface area contributed by atoms with Crippen molar-refractivity contribution < 1.29 is 35.3 Å². The summed E-state index contributed by atoms with van der Waals surface area (Å²) < 4.78 is 19.5. The topological polar surface area (TPSA) is 53.5 Å². The smallest absolute Gasteiger partial charge is 0.518 e. The van der Waals surface area contributed by atoms with Gasteiger partial charge in [0.25, 0.3) is 0 Å². The van der Waals surface area contributed by atoms with Gasteiger partial charge in [-0.1, -0.05) is 74.5 Å². The summed E-state index contributed by atoms with van der Waals surface area (Å²) in [7, 11) is 0. The molecule has 48 heavy (non-hydrogen) atoms. The van der Waals surface area contributed by atoms with Gasteiger partial charge in [-0.25, -0.2) is 4.98 Å². The van der Waals surface area contributed by atoms with Crippen LogP contribution in [0.2, 0.25) is 0 Å². The van der Waals surface area contributed by atoms with Gasteiger partial charge in [0.05, 0.1) is 0 Å². The molecular formula is C41H27BN2O3Pt. The molecule has 0 saturated carbocycles. The number of fused-ring (bicyclic) bond motifs is 5. The first kappa shape index (κ1) is 30.2. The van der Waals surface area contributed by atoms with Crippen LogP contribution >= 0.6 is 0 Å². The number of rotatable bonds is 5. The first-order valence-corrected chi connectivity index (χ1v) is 15.8. The summed E-state index contributed by atoms with van der Waals surface area (Å²) in [5.41, 5.74) is 7.80. The van der Waals surface area contributed by atoms with Crippen LogP contribution in [-0.2, 0) is 21.1 Å². The van der Waals surface area contributed by atoms with E-state index in [1.807, 2.05) is 79.0 Å². The monoisotopic (exact) mass is 801 g/mol. The zero-order valence-corrected chi connectivity index (χ0v) is 28.4. The van der Waals surface area contributed by atoms with Crippen molar-refractivity contribution in [1.82, 2.24) is 9.97 Å². The Morgan fingerprint density at radius 1 is 0.688 bits per heavy atom. The first-order chi connectivity index (χ1) is 23.1. The number of pyridine rings is 2. The minimum absolute atomic E-state index is 0. The quantitative estimate of drug-likeness (QED) is 0.130. The molecule has 0 aliphatic carbocycles. The van der Waals surface area contributed by atoms with Crippen molar-refractivity contribution in [1.29, 1.82) is 0 Å². The van der Waals surface area contributed by atoms with E-state index >= 15 is 0 Å². The Bertz CT molecular complexity index is 2300. The van der Waals surface area contributed by atoms with Crippen molar-refractivity contribution in [3.63, 3.8) is 0 Å². The van der Waals surface area contributed by atoms with Gasteiger partial charge >= 0.3 is 21.1 Å². The molecule has 0 bridgehead atoms. The molecule has 0 fully saturated rings. The fourth-order valence-corrected chi connectivity index (χ4v) is 6.50. The van der Waals surface area contributed by atoms with Gasteiger partial charge in [-0.3, -0.25) is 0 Å². The minimum Gasteiger partial charge on any atom is -0.518 e. The number of hydrogen-bond acceptors (Lipinski definition) is 5. The average molecular weight is 802 g/mol. The predicted molar refractivity (Wildman–Crippen MR) is 186 cm³/mol. The van der Waals surface area contributed by atoms with Crippen molar-refractivity contribution >= 4 is 33.9 Å². The molecule has 232 valence electrons. The molecule has 0 amide bonds. The minimum atomic E-state index is -0.235. The third kappa shape index (κ3) is 5.17. The molecule has 2 aliphatic heterocycles. The molecule has 9 rings (SSSR count). The molecular weight excluding hydrogens is 774 g/mol. The van der Waals surface area contributed by atoms with Crippen molar-refractivity contribution in [3.05, 3.63) is 139 Å². The molecule has 7 aromatic rings. The van der Waals surface area contributed by atoms with Gasteiger partial charge < -0.3 is 19.2 Å². The molecule has 0 spiro atoms. The molecule has 0 atom stereocenters. The van der Waals surface area contributed by atoms with Crippen LogP contribution in [0.3, 0.4) is 0 Å². The van der Waals surface area contributed by atoms with Crippen molar-refractivity contribution in [2.45, 2.75) is 19.8 Å². The summed E-state index contributed by atoms with van der Waals surface area (Å²) in [4.78, 5) is 9.37. The molecule has 0 N–H and O–H groups in total. The van der Waals surface area contributed by atoms with Gasteiger partial charge in [-0.2, -0.15) is 0 Å². The van der Waals surface area contributed by atoms with E-state index in [4.69, 9.17) is 19.2 Å². The molecule has 2 aliphatic rings. The van der Waals surface area contributed by atoms with Crippen LogP contribution in [0.5, 0.6) is 34.6 Å². The molecule has 0 radical (unpaired) electrons. The predicted octanol–water partition coefficient (Wildman–Crippen LogP) is 8.20. The van der Waals surface area contributed by atoms with E-state index in [-0.39, 0.29) is 27.8 Å².